The summed E-state index contributed by atoms with van der Waals surface area (Å²) in [7, 11) is 0. The first-order valence-corrected chi connectivity index (χ1v) is 5.78. The Morgan fingerprint density at radius 3 is 2.88 bits per heavy atom. The van der Waals surface area contributed by atoms with Crippen molar-refractivity contribution in [3.63, 3.8) is 0 Å². The molecule has 1 heterocycles. The van der Waals surface area contributed by atoms with Gasteiger partial charge < -0.3 is 15.6 Å². The second kappa shape index (κ2) is 3.85. The summed E-state index contributed by atoms with van der Waals surface area (Å²) in [6.45, 7) is 5.72. The number of nitrogens with one attached hydrogen (secondary N) is 1. The first-order valence-electron chi connectivity index (χ1n) is 5.78. The van der Waals surface area contributed by atoms with Crippen molar-refractivity contribution in [2.45, 2.75) is 33.2 Å². The summed E-state index contributed by atoms with van der Waals surface area (Å²) in [6.07, 6.45) is 4.22. The first-order chi connectivity index (χ1) is 7.54. The molecule has 2 rings (SSSR count). The molecule has 3 N–H and O–H groups in total. The van der Waals surface area contributed by atoms with E-state index >= 15 is 0 Å². The molecule has 0 aromatic carbocycles. The maximum atomic E-state index is 11.9. The zero-order valence-electron chi connectivity index (χ0n) is 9.92. The highest BCUT2D eigenvalue weighted by Crippen LogP contribution is 2.44. The summed E-state index contributed by atoms with van der Waals surface area (Å²) < 4.78 is 1.87. The molecule has 1 aromatic heterocycles. The minimum atomic E-state index is -0.0216. The van der Waals surface area contributed by atoms with Crippen molar-refractivity contribution in [3.8, 4) is 0 Å². The van der Waals surface area contributed by atoms with E-state index in [-0.39, 0.29) is 5.91 Å². The molecule has 1 amide bonds. The van der Waals surface area contributed by atoms with Crippen LogP contribution in [0.3, 0.4) is 0 Å². The van der Waals surface area contributed by atoms with Gasteiger partial charge in [0.1, 0.15) is 5.69 Å². The van der Waals surface area contributed by atoms with E-state index in [1.807, 2.05) is 11.5 Å². The maximum Gasteiger partial charge on any atom is 0.268 e. The van der Waals surface area contributed by atoms with E-state index in [0.717, 1.165) is 13.1 Å². The van der Waals surface area contributed by atoms with E-state index in [0.29, 0.717) is 16.8 Å². The third kappa shape index (κ3) is 2.21. The minimum Gasteiger partial charge on any atom is -0.397 e. The summed E-state index contributed by atoms with van der Waals surface area (Å²) in [5.74, 6) is -0.0216. The van der Waals surface area contributed by atoms with Gasteiger partial charge in [-0.3, -0.25) is 4.79 Å². The summed E-state index contributed by atoms with van der Waals surface area (Å²) in [5.41, 5.74) is 7.32. The fourth-order valence-electron chi connectivity index (χ4n) is 1.76. The first kappa shape index (κ1) is 11.0. The van der Waals surface area contributed by atoms with Gasteiger partial charge in [0, 0.05) is 19.3 Å². The van der Waals surface area contributed by atoms with Gasteiger partial charge in [-0.05, 0) is 31.2 Å². The Labute approximate surface area is 95.8 Å². The highest BCUT2D eigenvalue weighted by molar-refractivity contribution is 5.93. The van der Waals surface area contributed by atoms with Gasteiger partial charge in [-0.1, -0.05) is 6.92 Å². The number of amides is 1. The van der Waals surface area contributed by atoms with Crippen molar-refractivity contribution < 1.29 is 4.79 Å². The molecule has 1 aromatic rings. The van der Waals surface area contributed by atoms with Crippen LogP contribution in [0.25, 0.3) is 0 Å². The highest BCUT2D eigenvalue weighted by atomic mass is 16.1. The normalized spacial score (nSPS) is 17.1. The lowest BCUT2D eigenvalue weighted by Crippen LogP contribution is -2.30. The Balaban J connectivity index is 2.02. The molecule has 0 bridgehead atoms. The van der Waals surface area contributed by atoms with E-state index in [1.54, 1.807) is 12.3 Å². The van der Waals surface area contributed by atoms with Gasteiger partial charge in [-0.25, -0.2) is 0 Å². The lowest BCUT2D eigenvalue weighted by atomic mass is 10.1. The van der Waals surface area contributed by atoms with Gasteiger partial charge >= 0.3 is 0 Å². The minimum absolute atomic E-state index is 0.0216. The van der Waals surface area contributed by atoms with Crippen LogP contribution >= 0.6 is 0 Å². The number of hydrogen-bond donors (Lipinski definition) is 2. The number of carbonyl (C=O) groups excluding carboxylic acids is 1. The SMILES string of the molecule is CCn1cc(N)cc1C(=O)NCC1(C)CC1. The molecule has 16 heavy (non-hydrogen) atoms. The van der Waals surface area contributed by atoms with E-state index in [1.165, 1.54) is 12.8 Å². The van der Waals surface area contributed by atoms with Gasteiger partial charge in [-0.15, -0.1) is 0 Å². The van der Waals surface area contributed by atoms with E-state index in [2.05, 4.69) is 12.2 Å². The molecule has 0 saturated heterocycles. The molecule has 0 aliphatic heterocycles. The number of anilines is 1. The molecule has 0 spiro atoms. The molecule has 0 radical (unpaired) electrons. The van der Waals surface area contributed by atoms with Crippen LogP contribution in [0, 0.1) is 5.41 Å². The fraction of sp³-hybridized carbons (Fsp3) is 0.583. The lowest BCUT2D eigenvalue weighted by molar-refractivity contribution is 0.0937. The largest absolute Gasteiger partial charge is 0.397 e. The summed E-state index contributed by atoms with van der Waals surface area (Å²) in [4.78, 5) is 11.9. The second-order valence-electron chi connectivity index (χ2n) is 4.94. The van der Waals surface area contributed by atoms with Gasteiger partial charge in [0.25, 0.3) is 5.91 Å². The summed E-state index contributed by atoms with van der Waals surface area (Å²) in [6, 6.07) is 1.73. The Morgan fingerprint density at radius 2 is 2.31 bits per heavy atom. The average molecular weight is 221 g/mol. The summed E-state index contributed by atoms with van der Waals surface area (Å²) >= 11 is 0. The number of carbonyl (C=O) groups is 1. The molecule has 0 unspecified atom stereocenters. The van der Waals surface area contributed by atoms with Crippen molar-refractivity contribution in [2.75, 3.05) is 12.3 Å². The predicted octanol–water partition coefficient (Wildman–Crippen LogP) is 1.62. The predicted molar refractivity (Wildman–Crippen MR) is 64.2 cm³/mol. The number of nitrogens with two attached hydrogens (primary N) is 1. The molecule has 1 aliphatic rings. The quantitative estimate of drug-likeness (QED) is 0.811. The lowest BCUT2D eigenvalue weighted by Gasteiger charge is -2.11. The molecule has 4 nitrogen and oxygen atoms in total. The maximum absolute atomic E-state index is 11.9. The van der Waals surface area contributed by atoms with Crippen LogP contribution in [-0.2, 0) is 6.54 Å². The van der Waals surface area contributed by atoms with Crippen LogP contribution in [0.5, 0.6) is 0 Å². The highest BCUT2D eigenvalue weighted by Gasteiger charge is 2.37. The fourth-order valence-corrected chi connectivity index (χ4v) is 1.76. The number of nitrogens with zero attached hydrogens (tertiary/aromatic N) is 1. The molecule has 88 valence electrons. The van der Waals surface area contributed by atoms with Crippen LogP contribution in [0.2, 0.25) is 0 Å². The molecular formula is C12H19N3O. The van der Waals surface area contributed by atoms with E-state index in [9.17, 15) is 4.79 Å². The number of nitrogen functional groups attached to an aromatic ring is 1. The Bertz CT molecular complexity index is 404. The number of hydrogen-bond acceptors (Lipinski definition) is 2. The monoisotopic (exact) mass is 221 g/mol. The Kier molecular flexibility index (Phi) is 2.66. The zero-order valence-corrected chi connectivity index (χ0v) is 9.92. The van der Waals surface area contributed by atoms with Gasteiger partial charge in [-0.2, -0.15) is 0 Å². The van der Waals surface area contributed by atoms with Crippen molar-refractivity contribution in [1.29, 1.82) is 0 Å². The molecule has 1 aliphatic carbocycles. The Morgan fingerprint density at radius 1 is 1.62 bits per heavy atom. The van der Waals surface area contributed by atoms with Crippen LogP contribution in [-0.4, -0.2) is 17.0 Å². The van der Waals surface area contributed by atoms with Crippen LogP contribution in [0.1, 0.15) is 37.2 Å². The molecular weight excluding hydrogens is 202 g/mol. The molecule has 4 heteroatoms. The van der Waals surface area contributed by atoms with Crippen LogP contribution < -0.4 is 11.1 Å². The third-order valence-corrected chi connectivity index (χ3v) is 3.27. The van der Waals surface area contributed by atoms with Crippen molar-refractivity contribution in [1.82, 2.24) is 9.88 Å². The summed E-state index contributed by atoms with van der Waals surface area (Å²) in [5, 5.41) is 2.97. The van der Waals surface area contributed by atoms with Gasteiger partial charge in [0.05, 0.1) is 5.69 Å². The Hall–Kier alpha value is -1.45. The van der Waals surface area contributed by atoms with Crippen LogP contribution in [0.4, 0.5) is 5.69 Å². The number of aromatic nitrogens is 1. The zero-order chi connectivity index (χ0) is 11.8. The molecule has 1 fully saturated rings. The van der Waals surface area contributed by atoms with Gasteiger partial charge in [0.2, 0.25) is 0 Å². The van der Waals surface area contributed by atoms with E-state index in [4.69, 9.17) is 5.73 Å². The van der Waals surface area contributed by atoms with Crippen molar-refractivity contribution >= 4 is 11.6 Å². The van der Waals surface area contributed by atoms with Gasteiger partial charge in [0.15, 0.2) is 0 Å². The second-order valence-corrected chi connectivity index (χ2v) is 4.94. The smallest absolute Gasteiger partial charge is 0.268 e. The standard InChI is InChI=1S/C12H19N3O/c1-3-15-7-9(13)6-10(15)11(16)14-8-12(2)4-5-12/h6-7H,3-5,8,13H2,1-2H3,(H,14,16). The van der Waals surface area contributed by atoms with Crippen LogP contribution in [0.15, 0.2) is 12.3 Å². The topological polar surface area (TPSA) is 60.0 Å². The van der Waals surface area contributed by atoms with E-state index < -0.39 is 0 Å². The number of rotatable bonds is 4. The van der Waals surface area contributed by atoms with Crippen molar-refractivity contribution in [2.24, 2.45) is 5.41 Å². The molecule has 1 saturated carbocycles. The molecule has 0 atom stereocenters. The number of aryl methyl sites for hydroxylation is 1. The average Bonchev–Trinajstić information content (AvgIpc) is 2.86. The van der Waals surface area contributed by atoms with Crippen molar-refractivity contribution in [3.05, 3.63) is 18.0 Å². The third-order valence-electron chi connectivity index (χ3n) is 3.27.